The summed E-state index contributed by atoms with van der Waals surface area (Å²) >= 11 is 5.59. The second kappa shape index (κ2) is 11.0. The van der Waals surface area contributed by atoms with Gasteiger partial charge in [-0.3, -0.25) is 10.1 Å². The molecule has 0 bridgehead atoms. The summed E-state index contributed by atoms with van der Waals surface area (Å²) in [5.41, 5.74) is 2.22. The lowest BCUT2D eigenvalue weighted by Gasteiger charge is -2.15. The summed E-state index contributed by atoms with van der Waals surface area (Å²) in [7, 11) is 0. The molecule has 1 aliphatic rings. The molecule has 1 heterocycles. The third kappa shape index (κ3) is 6.06. The van der Waals surface area contributed by atoms with E-state index in [1.807, 2.05) is 37.3 Å². The van der Waals surface area contributed by atoms with Crippen molar-refractivity contribution < 1.29 is 23.9 Å². The van der Waals surface area contributed by atoms with E-state index in [4.69, 9.17) is 14.2 Å². The average Bonchev–Trinajstić information content (AvgIpc) is 3.20. The standard InChI is InChI=1S/C25H18BrIN2O6/c1-2-33-22-13-16(11-20(27)23(22)34-14-15-3-7-18(26)8-4-15)12-21-25(30)35-24(28-21)17-5-9-19(10-6-17)29(31)32/h3-13H,2,14H2,1H3/b21-12-. The van der Waals surface area contributed by atoms with Crippen LogP contribution in [0.25, 0.3) is 6.08 Å². The zero-order chi connectivity index (χ0) is 24.9. The van der Waals surface area contributed by atoms with E-state index in [1.54, 1.807) is 12.1 Å². The first-order valence-electron chi connectivity index (χ1n) is 10.4. The molecule has 178 valence electrons. The first-order valence-corrected chi connectivity index (χ1v) is 12.3. The van der Waals surface area contributed by atoms with Gasteiger partial charge < -0.3 is 14.2 Å². The number of cyclic esters (lactones) is 1. The molecule has 0 spiro atoms. The van der Waals surface area contributed by atoms with Gasteiger partial charge in [0.15, 0.2) is 17.2 Å². The fourth-order valence-electron chi connectivity index (χ4n) is 3.23. The van der Waals surface area contributed by atoms with Gasteiger partial charge in [0, 0.05) is 22.2 Å². The molecule has 1 aliphatic heterocycles. The molecule has 10 heteroatoms. The number of non-ortho nitro benzene ring substituents is 1. The largest absolute Gasteiger partial charge is 0.490 e. The lowest BCUT2D eigenvalue weighted by molar-refractivity contribution is -0.384. The number of halogens is 2. The Bertz CT molecular complexity index is 1340. The smallest absolute Gasteiger partial charge is 0.363 e. The minimum absolute atomic E-state index is 0.0603. The minimum atomic E-state index is -0.609. The van der Waals surface area contributed by atoms with Crippen molar-refractivity contribution in [1.29, 1.82) is 0 Å². The maximum Gasteiger partial charge on any atom is 0.363 e. The van der Waals surface area contributed by atoms with E-state index >= 15 is 0 Å². The molecule has 4 rings (SSSR count). The van der Waals surface area contributed by atoms with Gasteiger partial charge in [-0.2, -0.15) is 0 Å². The lowest BCUT2D eigenvalue weighted by atomic mass is 10.1. The molecule has 0 atom stereocenters. The van der Waals surface area contributed by atoms with Crippen molar-refractivity contribution in [1.82, 2.24) is 0 Å². The van der Waals surface area contributed by atoms with Gasteiger partial charge in [0.25, 0.3) is 5.69 Å². The number of aliphatic imine (C=N–C) groups is 1. The number of hydrogen-bond donors (Lipinski definition) is 0. The molecule has 0 fully saturated rings. The van der Waals surface area contributed by atoms with E-state index in [9.17, 15) is 14.9 Å². The number of ether oxygens (including phenoxy) is 3. The fourth-order valence-corrected chi connectivity index (χ4v) is 4.27. The number of nitrogens with zero attached hydrogens (tertiary/aromatic N) is 2. The molecule has 3 aromatic rings. The molecule has 0 N–H and O–H groups in total. The Morgan fingerprint density at radius 3 is 2.49 bits per heavy atom. The Morgan fingerprint density at radius 1 is 1.11 bits per heavy atom. The molecule has 0 aromatic heterocycles. The Morgan fingerprint density at radius 2 is 1.83 bits per heavy atom. The molecule has 35 heavy (non-hydrogen) atoms. The summed E-state index contributed by atoms with van der Waals surface area (Å²) in [5.74, 6) is 0.642. The van der Waals surface area contributed by atoms with Crippen molar-refractivity contribution in [3.63, 3.8) is 0 Å². The minimum Gasteiger partial charge on any atom is -0.490 e. The third-order valence-electron chi connectivity index (χ3n) is 4.88. The van der Waals surface area contributed by atoms with Crippen LogP contribution in [-0.4, -0.2) is 23.4 Å². The zero-order valence-electron chi connectivity index (χ0n) is 18.4. The summed E-state index contributed by atoms with van der Waals surface area (Å²) in [6.45, 7) is 2.69. The summed E-state index contributed by atoms with van der Waals surface area (Å²) in [5, 5.41) is 10.9. The first-order chi connectivity index (χ1) is 16.8. The highest BCUT2D eigenvalue weighted by Gasteiger charge is 2.25. The van der Waals surface area contributed by atoms with Crippen molar-refractivity contribution in [2.24, 2.45) is 4.99 Å². The number of carbonyl (C=O) groups excluding carboxylic acids is 1. The molecule has 0 unspecified atom stereocenters. The highest BCUT2D eigenvalue weighted by atomic mass is 127. The first kappa shape index (κ1) is 24.9. The predicted octanol–water partition coefficient (Wildman–Crippen LogP) is 6.28. The number of benzene rings is 3. The molecule has 8 nitrogen and oxygen atoms in total. The second-order valence-corrected chi connectivity index (χ2v) is 9.40. The highest BCUT2D eigenvalue weighted by molar-refractivity contribution is 14.1. The SMILES string of the molecule is CCOc1cc(/C=C2\N=C(c3ccc([N+](=O)[O-])cc3)OC2=O)cc(I)c1OCc1ccc(Br)cc1. The van der Waals surface area contributed by atoms with E-state index < -0.39 is 10.9 Å². The molecular weight excluding hydrogens is 631 g/mol. The van der Waals surface area contributed by atoms with E-state index in [0.29, 0.717) is 35.8 Å². The zero-order valence-corrected chi connectivity index (χ0v) is 22.1. The Hall–Kier alpha value is -3.25. The van der Waals surface area contributed by atoms with Gasteiger partial charge in [-0.05, 0) is 83.1 Å². The molecule has 0 saturated carbocycles. The van der Waals surface area contributed by atoms with E-state index in [2.05, 4.69) is 43.5 Å². The molecular formula is C25H18BrIN2O6. The Labute approximate surface area is 223 Å². The molecule has 0 aliphatic carbocycles. The summed E-state index contributed by atoms with van der Waals surface area (Å²) in [6.07, 6.45) is 1.60. The van der Waals surface area contributed by atoms with Crippen molar-refractivity contribution >= 4 is 62.2 Å². The number of hydrogen-bond acceptors (Lipinski definition) is 7. The number of nitro benzene ring substituents is 1. The quantitative estimate of drug-likeness (QED) is 0.0937. The van der Waals surface area contributed by atoms with E-state index in [0.717, 1.165) is 13.6 Å². The second-order valence-electron chi connectivity index (χ2n) is 7.32. The molecule has 0 amide bonds. The van der Waals surface area contributed by atoms with Crippen LogP contribution in [0, 0.1) is 13.7 Å². The van der Waals surface area contributed by atoms with Crippen molar-refractivity contribution in [3.05, 3.63) is 101 Å². The Balaban J connectivity index is 1.59. The van der Waals surface area contributed by atoms with Crippen LogP contribution in [-0.2, 0) is 16.1 Å². The average molecular weight is 649 g/mol. The predicted molar refractivity (Wildman–Crippen MR) is 143 cm³/mol. The molecule has 0 saturated heterocycles. The van der Waals surface area contributed by atoms with E-state index in [1.165, 1.54) is 24.3 Å². The van der Waals surface area contributed by atoms with Crippen LogP contribution in [0.15, 0.2) is 75.8 Å². The highest BCUT2D eigenvalue weighted by Crippen LogP contribution is 2.36. The summed E-state index contributed by atoms with van der Waals surface area (Å²) < 4.78 is 18.9. The van der Waals surface area contributed by atoms with Crippen LogP contribution in [0.3, 0.4) is 0 Å². The van der Waals surface area contributed by atoms with Gasteiger partial charge in [0.1, 0.15) is 6.61 Å². The van der Waals surface area contributed by atoms with Crippen LogP contribution in [0.5, 0.6) is 11.5 Å². The third-order valence-corrected chi connectivity index (χ3v) is 6.21. The van der Waals surface area contributed by atoms with E-state index in [-0.39, 0.29) is 17.3 Å². The van der Waals surface area contributed by atoms with Gasteiger partial charge >= 0.3 is 5.97 Å². The molecule has 3 aromatic carbocycles. The van der Waals surface area contributed by atoms with Crippen molar-refractivity contribution in [3.8, 4) is 11.5 Å². The van der Waals surface area contributed by atoms with Crippen LogP contribution in [0.1, 0.15) is 23.6 Å². The molecule has 0 radical (unpaired) electrons. The maximum absolute atomic E-state index is 12.4. The van der Waals surface area contributed by atoms with Crippen LogP contribution in [0.4, 0.5) is 5.69 Å². The Kier molecular flexibility index (Phi) is 7.81. The number of rotatable bonds is 8. The normalized spacial score (nSPS) is 14.0. The number of esters is 1. The summed E-state index contributed by atoms with van der Waals surface area (Å²) in [6, 6.07) is 17.1. The number of nitro groups is 1. The van der Waals surface area contributed by atoms with Gasteiger partial charge in [0.2, 0.25) is 5.90 Å². The van der Waals surface area contributed by atoms with Gasteiger partial charge in [-0.15, -0.1) is 0 Å². The van der Waals surface area contributed by atoms with Gasteiger partial charge in [-0.25, -0.2) is 9.79 Å². The fraction of sp³-hybridized carbons (Fsp3) is 0.120. The van der Waals surface area contributed by atoms with Crippen LogP contribution < -0.4 is 9.47 Å². The lowest BCUT2D eigenvalue weighted by Crippen LogP contribution is -2.05. The summed E-state index contributed by atoms with van der Waals surface area (Å²) in [4.78, 5) is 27.0. The monoisotopic (exact) mass is 648 g/mol. The van der Waals surface area contributed by atoms with Crippen LogP contribution >= 0.6 is 38.5 Å². The topological polar surface area (TPSA) is 100 Å². The van der Waals surface area contributed by atoms with Gasteiger partial charge in [0.05, 0.1) is 15.1 Å². The van der Waals surface area contributed by atoms with Gasteiger partial charge in [-0.1, -0.05) is 28.1 Å². The maximum atomic E-state index is 12.4. The number of carbonyl (C=O) groups is 1. The van der Waals surface area contributed by atoms with Crippen molar-refractivity contribution in [2.75, 3.05) is 6.61 Å². The van der Waals surface area contributed by atoms with Crippen LogP contribution in [0.2, 0.25) is 0 Å². The van der Waals surface area contributed by atoms with Crippen molar-refractivity contribution in [2.45, 2.75) is 13.5 Å².